The number of benzene rings is 1. The van der Waals surface area contributed by atoms with Gasteiger partial charge in [-0.1, -0.05) is 39.5 Å². The predicted octanol–water partition coefficient (Wildman–Crippen LogP) is 4.63. The highest BCUT2D eigenvalue weighted by Crippen LogP contribution is 2.19. The second-order valence-electron chi connectivity index (χ2n) is 7.31. The standard InChI is InChI=1S/C22H34N2O3/c1-3-5-10-20(24-15-8-7-9-16-24)21(25)23-19-13-11-18(12-14-19)22(26)27-17-6-4-2/h11-14,20H,3-10,15-17H2,1-2H3,(H,23,25). The number of ether oxygens (including phenoxy) is 1. The molecule has 150 valence electrons. The van der Waals surface area contributed by atoms with Gasteiger partial charge in [-0.25, -0.2) is 4.79 Å². The van der Waals surface area contributed by atoms with Crippen molar-refractivity contribution in [1.29, 1.82) is 0 Å². The molecule has 1 atom stereocenters. The van der Waals surface area contributed by atoms with Gasteiger partial charge in [0.1, 0.15) is 0 Å². The number of esters is 1. The molecule has 0 aliphatic carbocycles. The van der Waals surface area contributed by atoms with Crippen LogP contribution in [0.1, 0.15) is 75.6 Å². The summed E-state index contributed by atoms with van der Waals surface area (Å²) < 4.78 is 5.22. The van der Waals surface area contributed by atoms with E-state index in [0.717, 1.165) is 50.9 Å². The smallest absolute Gasteiger partial charge is 0.338 e. The van der Waals surface area contributed by atoms with E-state index in [9.17, 15) is 9.59 Å². The number of hydrogen-bond acceptors (Lipinski definition) is 4. The molecule has 0 saturated carbocycles. The SMILES string of the molecule is CCCCOC(=O)c1ccc(NC(=O)C(CCCC)N2CCCCC2)cc1. The van der Waals surface area contributed by atoms with Gasteiger partial charge in [0.05, 0.1) is 18.2 Å². The molecule has 0 aromatic heterocycles. The number of nitrogens with zero attached hydrogens (tertiary/aromatic N) is 1. The van der Waals surface area contributed by atoms with Crippen LogP contribution in [-0.4, -0.2) is 42.5 Å². The molecule has 1 saturated heterocycles. The molecular weight excluding hydrogens is 340 g/mol. The molecule has 0 radical (unpaired) electrons. The van der Waals surface area contributed by atoms with Gasteiger partial charge < -0.3 is 10.1 Å². The minimum Gasteiger partial charge on any atom is -0.462 e. The van der Waals surface area contributed by atoms with Gasteiger partial charge in [-0.05, 0) is 63.0 Å². The molecule has 0 spiro atoms. The van der Waals surface area contributed by atoms with E-state index in [0.29, 0.717) is 12.2 Å². The first kappa shape index (κ1) is 21.4. The topological polar surface area (TPSA) is 58.6 Å². The van der Waals surface area contributed by atoms with Gasteiger partial charge in [-0.3, -0.25) is 9.69 Å². The second kappa shape index (κ2) is 11.8. The number of piperidine rings is 1. The number of hydrogen-bond donors (Lipinski definition) is 1. The summed E-state index contributed by atoms with van der Waals surface area (Å²) in [5, 5.41) is 3.03. The Morgan fingerprint density at radius 1 is 1.04 bits per heavy atom. The molecule has 1 N–H and O–H groups in total. The van der Waals surface area contributed by atoms with Crippen LogP contribution in [0.3, 0.4) is 0 Å². The molecule has 2 rings (SSSR count). The van der Waals surface area contributed by atoms with E-state index < -0.39 is 0 Å². The van der Waals surface area contributed by atoms with E-state index in [1.807, 2.05) is 0 Å². The molecule has 1 heterocycles. The van der Waals surface area contributed by atoms with Crippen molar-refractivity contribution in [3.8, 4) is 0 Å². The molecule has 1 fully saturated rings. The monoisotopic (exact) mass is 374 g/mol. The van der Waals surface area contributed by atoms with Crippen molar-refractivity contribution in [1.82, 2.24) is 4.90 Å². The Labute approximate surface area is 163 Å². The lowest BCUT2D eigenvalue weighted by atomic mass is 10.0. The van der Waals surface area contributed by atoms with Crippen molar-refractivity contribution < 1.29 is 14.3 Å². The lowest BCUT2D eigenvalue weighted by Gasteiger charge is -2.33. The van der Waals surface area contributed by atoms with Crippen LogP contribution in [0.25, 0.3) is 0 Å². The van der Waals surface area contributed by atoms with Crippen LogP contribution in [0.4, 0.5) is 5.69 Å². The first-order valence-electron chi connectivity index (χ1n) is 10.5. The third-order valence-corrected chi connectivity index (χ3v) is 5.08. The lowest BCUT2D eigenvalue weighted by Crippen LogP contribution is -2.46. The van der Waals surface area contributed by atoms with Gasteiger partial charge in [-0.2, -0.15) is 0 Å². The Bertz CT molecular complexity index is 580. The fraction of sp³-hybridized carbons (Fsp3) is 0.636. The van der Waals surface area contributed by atoms with Gasteiger partial charge in [0, 0.05) is 5.69 Å². The van der Waals surface area contributed by atoms with E-state index in [1.54, 1.807) is 24.3 Å². The van der Waals surface area contributed by atoms with Crippen molar-refractivity contribution in [2.45, 2.75) is 71.3 Å². The van der Waals surface area contributed by atoms with Crippen molar-refractivity contribution in [3.05, 3.63) is 29.8 Å². The van der Waals surface area contributed by atoms with E-state index in [4.69, 9.17) is 4.74 Å². The van der Waals surface area contributed by atoms with E-state index in [1.165, 1.54) is 19.3 Å². The summed E-state index contributed by atoms with van der Waals surface area (Å²) in [6, 6.07) is 6.92. The average molecular weight is 375 g/mol. The number of amides is 1. The molecule has 27 heavy (non-hydrogen) atoms. The van der Waals surface area contributed by atoms with E-state index in [2.05, 4.69) is 24.1 Å². The summed E-state index contributed by atoms with van der Waals surface area (Å²) in [7, 11) is 0. The summed E-state index contributed by atoms with van der Waals surface area (Å²) >= 11 is 0. The van der Waals surface area contributed by atoms with Crippen LogP contribution in [0, 0.1) is 0 Å². The summed E-state index contributed by atoms with van der Waals surface area (Å²) in [4.78, 5) is 27.2. The number of unbranched alkanes of at least 4 members (excludes halogenated alkanes) is 2. The van der Waals surface area contributed by atoms with Crippen LogP contribution in [-0.2, 0) is 9.53 Å². The molecule has 1 aromatic carbocycles. The summed E-state index contributed by atoms with van der Waals surface area (Å²) in [6.45, 7) is 6.67. The van der Waals surface area contributed by atoms with Crippen LogP contribution < -0.4 is 5.32 Å². The maximum atomic E-state index is 12.9. The molecular formula is C22H34N2O3. The van der Waals surface area contributed by atoms with Crippen molar-refractivity contribution in [3.63, 3.8) is 0 Å². The number of nitrogens with one attached hydrogen (secondary N) is 1. The van der Waals surface area contributed by atoms with Gasteiger partial charge >= 0.3 is 5.97 Å². The number of rotatable bonds is 10. The average Bonchev–Trinajstić information content (AvgIpc) is 2.70. The third-order valence-electron chi connectivity index (χ3n) is 5.08. The Morgan fingerprint density at radius 3 is 2.33 bits per heavy atom. The third kappa shape index (κ3) is 6.98. The highest BCUT2D eigenvalue weighted by molar-refractivity contribution is 5.95. The molecule has 1 amide bonds. The Kier molecular flexibility index (Phi) is 9.32. The quantitative estimate of drug-likeness (QED) is 0.479. The van der Waals surface area contributed by atoms with Gasteiger partial charge in [0.15, 0.2) is 0 Å². The zero-order chi connectivity index (χ0) is 19.5. The molecule has 1 unspecified atom stereocenters. The fourth-order valence-corrected chi connectivity index (χ4v) is 3.41. The van der Waals surface area contributed by atoms with E-state index >= 15 is 0 Å². The molecule has 5 heteroatoms. The minimum absolute atomic E-state index is 0.0589. The molecule has 5 nitrogen and oxygen atoms in total. The van der Waals surface area contributed by atoms with E-state index in [-0.39, 0.29) is 17.9 Å². The van der Waals surface area contributed by atoms with Crippen LogP contribution >= 0.6 is 0 Å². The van der Waals surface area contributed by atoms with Crippen LogP contribution in [0.5, 0.6) is 0 Å². The number of likely N-dealkylation sites (tertiary alicyclic amines) is 1. The summed E-state index contributed by atoms with van der Waals surface area (Å²) in [6.07, 6.45) is 8.50. The first-order chi connectivity index (χ1) is 13.2. The molecule has 1 aliphatic rings. The zero-order valence-corrected chi connectivity index (χ0v) is 16.8. The number of carbonyl (C=O) groups excluding carboxylic acids is 2. The molecule has 1 aromatic rings. The van der Waals surface area contributed by atoms with Crippen LogP contribution in [0.2, 0.25) is 0 Å². The summed E-state index contributed by atoms with van der Waals surface area (Å²) in [5.74, 6) is -0.251. The summed E-state index contributed by atoms with van der Waals surface area (Å²) in [5.41, 5.74) is 1.24. The maximum Gasteiger partial charge on any atom is 0.338 e. The highest BCUT2D eigenvalue weighted by atomic mass is 16.5. The van der Waals surface area contributed by atoms with Crippen LogP contribution in [0.15, 0.2) is 24.3 Å². The number of carbonyl (C=O) groups is 2. The van der Waals surface area contributed by atoms with Gasteiger partial charge in [0.25, 0.3) is 0 Å². The Hall–Kier alpha value is -1.88. The first-order valence-corrected chi connectivity index (χ1v) is 10.5. The molecule has 1 aliphatic heterocycles. The van der Waals surface area contributed by atoms with Crippen molar-refractivity contribution >= 4 is 17.6 Å². The second-order valence-corrected chi connectivity index (χ2v) is 7.31. The zero-order valence-electron chi connectivity index (χ0n) is 16.8. The van der Waals surface area contributed by atoms with Gasteiger partial charge in [0.2, 0.25) is 5.91 Å². The normalized spacial score (nSPS) is 15.9. The van der Waals surface area contributed by atoms with Gasteiger partial charge in [-0.15, -0.1) is 0 Å². The lowest BCUT2D eigenvalue weighted by molar-refractivity contribution is -0.122. The minimum atomic E-state index is -0.310. The fourth-order valence-electron chi connectivity index (χ4n) is 3.41. The van der Waals surface area contributed by atoms with Crippen molar-refractivity contribution in [2.75, 3.05) is 25.0 Å². The number of anilines is 1. The predicted molar refractivity (Wildman–Crippen MR) is 109 cm³/mol. The highest BCUT2D eigenvalue weighted by Gasteiger charge is 2.26. The Balaban J connectivity index is 1.94. The largest absolute Gasteiger partial charge is 0.462 e. The van der Waals surface area contributed by atoms with Crippen molar-refractivity contribution in [2.24, 2.45) is 0 Å². The maximum absolute atomic E-state index is 12.9. The Morgan fingerprint density at radius 2 is 1.70 bits per heavy atom. The molecule has 0 bridgehead atoms.